The van der Waals surface area contributed by atoms with E-state index in [1.165, 1.54) is 44.3 Å². The highest BCUT2D eigenvalue weighted by Gasteiger charge is 2.09. The van der Waals surface area contributed by atoms with Gasteiger partial charge in [-0.15, -0.1) is 0 Å². The van der Waals surface area contributed by atoms with Gasteiger partial charge < -0.3 is 15.8 Å². The zero-order valence-corrected chi connectivity index (χ0v) is 16.2. The molecule has 0 unspecified atom stereocenters. The summed E-state index contributed by atoms with van der Waals surface area (Å²) in [5.41, 5.74) is 9.39. The highest BCUT2D eigenvalue weighted by molar-refractivity contribution is 5.92. The third-order valence-corrected chi connectivity index (χ3v) is 4.90. The topological polar surface area (TPSA) is 62.9 Å². The minimum Gasteiger partial charge on any atom is -0.497 e. The Bertz CT molecular complexity index is 734. The van der Waals surface area contributed by atoms with Crippen molar-refractivity contribution in [3.63, 3.8) is 0 Å². The third-order valence-electron chi connectivity index (χ3n) is 4.90. The second-order valence-corrected chi connectivity index (χ2v) is 7.07. The second kappa shape index (κ2) is 9.97. The lowest BCUT2D eigenvalue weighted by Crippen LogP contribution is -2.23. The van der Waals surface area contributed by atoms with Gasteiger partial charge in [-0.1, -0.05) is 43.2 Å². The van der Waals surface area contributed by atoms with Crippen LogP contribution in [0.4, 0.5) is 5.69 Å². The summed E-state index contributed by atoms with van der Waals surface area (Å²) in [6.07, 6.45) is 5.40. The van der Waals surface area contributed by atoms with E-state index in [-0.39, 0.29) is 0 Å². The number of likely N-dealkylation sites (tertiary alicyclic amines) is 1. The Morgan fingerprint density at radius 1 is 1.04 bits per heavy atom. The van der Waals surface area contributed by atoms with Crippen LogP contribution in [-0.4, -0.2) is 31.1 Å². The Kier molecular flexibility index (Phi) is 7.11. The molecule has 0 bridgehead atoms. The maximum absolute atomic E-state index is 6.00. The molecular weight excluding hydrogens is 336 g/mol. The van der Waals surface area contributed by atoms with Crippen LogP contribution in [0.2, 0.25) is 0 Å². The van der Waals surface area contributed by atoms with E-state index >= 15 is 0 Å². The molecule has 0 atom stereocenters. The van der Waals surface area contributed by atoms with Crippen LogP contribution in [0.15, 0.2) is 53.5 Å². The van der Waals surface area contributed by atoms with Gasteiger partial charge in [0.15, 0.2) is 5.96 Å². The van der Waals surface area contributed by atoms with Gasteiger partial charge in [0.25, 0.3) is 0 Å². The van der Waals surface area contributed by atoms with Crippen LogP contribution in [0.3, 0.4) is 0 Å². The molecule has 0 radical (unpaired) electrons. The molecule has 0 aliphatic carbocycles. The molecule has 0 saturated carbocycles. The minimum absolute atomic E-state index is 0.400. The predicted molar refractivity (Wildman–Crippen MR) is 112 cm³/mol. The van der Waals surface area contributed by atoms with E-state index < -0.39 is 0 Å². The number of guanidine groups is 1. The summed E-state index contributed by atoms with van der Waals surface area (Å²) in [6, 6.07) is 16.3. The highest BCUT2D eigenvalue weighted by atomic mass is 16.5. The number of aliphatic imine (C=N–C) groups is 1. The van der Waals surface area contributed by atoms with Crippen LogP contribution < -0.4 is 15.8 Å². The Labute approximate surface area is 162 Å². The van der Waals surface area contributed by atoms with E-state index in [9.17, 15) is 0 Å². The largest absolute Gasteiger partial charge is 0.497 e. The SMILES string of the molecule is COc1cccc(NC(N)=NCc2ccc(CN3CCCCCC3)cc2)c1. The maximum atomic E-state index is 6.00. The molecular formula is C22H30N4O. The van der Waals surface area contributed by atoms with E-state index in [4.69, 9.17) is 10.5 Å². The first-order chi connectivity index (χ1) is 13.2. The lowest BCUT2D eigenvalue weighted by Gasteiger charge is -2.19. The normalized spacial score (nSPS) is 16.0. The van der Waals surface area contributed by atoms with E-state index in [1.807, 2.05) is 24.3 Å². The first-order valence-corrected chi connectivity index (χ1v) is 9.74. The molecule has 5 heteroatoms. The summed E-state index contributed by atoms with van der Waals surface area (Å²) in [6.45, 7) is 4.05. The van der Waals surface area contributed by atoms with Crippen molar-refractivity contribution >= 4 is 11.6 Å². The number of rotatable bonds is 6. The van der Waals surface area contributed by atoms with Crippen LogP contribution in [-0.2, 0) is 13.1 Å². The zero-order chi connectivity index (χ0) is 18.9. The molecule has 1 fully saturated rings. The number of methoxy groups -OCH3 is 1. The molecule has 1 heterocycles. The van der Waals surface area contributed by atoms with Crippen LogP contribution in [0.5, 0.6) is 5.75 Å². The van der Waals surface area contributed by atoms with Gasteiger partial charge in [-0.25, -0.2) is 4.99 Å². The molecule has 1 aliphatic rings. The number of ether oxygens (including phenoxy) is 1. The van der Waals surface area contributed by atoms with E-state index in [0.29, 0.717) is 12.5 Å². The van der Waals surface area contributed by atoms with Crippen molar-refractivity contribution in [3.05, 3.63) is 59.7 Å². The molecule has 2 aromatic rings. The fourth-order valence-corrected chi connectivity index (χ4v) is 3.37. The summed E-state index contributed by atoms with van der Waals surface area (Å²) < 4.78 is 5.21. The monoisotopic (exact) mass is 366 g/mol. The van der Waals surface area contributed by atoms with Crippen molar-refractivity contribution < 1.29 is 4.74 Å². The Balaban J connectivity index is 1.51. The van der Waals surface area contributed by atoms with Crippen molar-refractivity contribution in [2.75, 3.05) is 25.5 Å². The predicted octanol–water partition coefficient (Wildman–Crippen LogP) is 4.00. The number of anilines is 1. The van der Waals surface area contributed by atoms with E-state index in [0.717, 1.165) is 23.5 Å². The van der Waals surface area contributed by atoms with Gasteiger partial charge in [0.2, 0.25) is 0 Å². The van der Waals surface area contributed by atoms with Gasteiger partial charge in [0.05, 0.1) is 13.7 Å². The van der Waals surface area contributed by atoms with Crippen molar-refractivity contribution in [1.29, 1.82) is 0 Å². The summed E-state index contributed by atoms with van der Waals surface area (Å²) in [4.78, 5) is 7.00. The highest BCUT2D eigenvalue weighted by Crippen LogP contribution is 2.17. The third kappa shape index (κ3) is 6.29. The number of nitrogens with one attached hydrogen (secondary N) is 1. The van der Waals surface area contributed by atoms with Crippen molar-refractivity contribution in [2.45, 2.75) is 38.8 Å². The first kappa shape index (κ1) is 19.2. The summed E-state index contributed by atoms with van der Waals surface area (Å²) in [5, 5.41) is 3.10. The van der Waals surface area contributed by atoms with Gasteiger partial charge in [-0.2, -0.15) is 0 Å². The molecule has 144 valence electrons. The van der Waals surface area contributed by atoms with Crippen molar-refractivity contribution in [1.82, 2.24) is 4.90 Å². The summed E-state index contributed by atoms with van der Waals surface area (Å²) in [7, 11) is 1.65. The molecule has 0 spiro atoms. The molecule has 2 aromatic carbocycles. The molecule has 1 aliphatic heterocycles. The molecule has 1 saturated heterocycles. The van der Waals surface area contributed by atoms with Crippen LogP contribution in [0, 0.1) is 0 Å². The van der Waals surface area contributed by atoms with E-state index in [1.54, 1.807) is 7.11 Å². The van der Waals surface area contributed by atoms with Crippen LogP contribution >= 0.6 is 0 Å². The first-order valence-electron chi connectivity index (χ1n) is 9.74. The Hall–Kier alpha value is -2.53. The number of hydrogen-bond acceptors (Lipinski definition) is 3. The average molecular weight is 367 g/mol. The molecule has 3 N–H and O–H groups in total. The molecule has 5 nitrogen and oxygen atoms in total. The lowest BCUT2D eigenvalue weighted by atomic mass is 10.1. The molecule has 0 amide bonds. The fourth-order valence-electron chi connectivity index (χ4n) is 3.37. The van der Waals surface area contributed by atoms with Gasteiger partial charge in [0.1, 0.15) is 5.75 Å². The summed E-state index contributed by atoms with van der Waals surface area (Å²) in [5.74, 6) is 1.18. The Morgan fingerprint density at radius 2 is 1.74 bits per heavy atom. The van der Waals surface area contributed by atoms with Gasteiger partial charge in [0, 0.05) is 18.3 Å². The van der Waals surface area contributed by atoms with Crippen molar-refractivity contribution in [2.24, 2.45) is 10.7 Å². The molecule has 3 rings (SSSR count). The zero-order valence-electron chi connectivity index (χ0n) is 16.2. The standard InChI is InChI=1S/C22H30N4O/c1-27-21-8-6-7-20(15-21)25-22(23)24-16-18-9-11-19(12-10-18)17-26-13-4-2-3-5-14-26/h6-12,15H,2-5,13-14,16-17H2,1H3,(H3,23,24,25). The van der Waals surface area contributed by atoms with Gasteiger partial charge in [-0.3, -0.25) is 4.90 Å². The van der Waals surface area contributed by atoms with E-state index in [2.05, 4.69) is 39.5 Å². The lowest BCUT2D eigenvalue weighted by molar-refractivity contribution is 0.277. The summed E-state index contributed by atoms with van der Waals surface area (Å²) >= 11 is 0. The maximum Gasteiger partial charge on any atom is 0.193 e. The van der Waals surface area contributed by atoms with Crippen LogP contribution in [0.1, 0.15) is 36.8 Å². The number of nitrogens with two attached hydrogens (primary N) is 1. The van der Waals surface area contributed by atoms with Gasteiger partial charge in [-0.05, 0) is 49.2 Å². The Morgan fingerprint density at radius 3 is 2.44 bits per heavy atom. The smallest absolute Gasteiger partial charge is 0.193 e. The van der Waals surface area contributed by atoms with Crippen LogP contribution in [0.25, 0.3) is 0 Å². The molecule has 0 aromatic heterocycles. The second-order valence-electron chi connectivity index (χ2n) is 7.07. The minimum atomic E-state index is 0.400. The molecule has 27 heavy (non-hydrogen) atoms. The quantitative estimate of drug-likeness (QED) is 0.599. The average Bonchev–Trinajstić information content (AvgIpc) is 2.96. The fraction of sp³-hybridized carbons (Fsp3) is 0.409. The van der Waals surface area contributed by atoms with Gasteiger partial charge >= 0.3 is 0 Å². The number of nitrogens with zero attached hydrogens (tertiary/aromatic N) is 2. The van der Waals surface area contributed by atoms with Crippen molar-refractivity contribution in [3.8, 4) is 5.75 Å². The number of hydrogen-bond donors (Lipinski definition) is 2. The number of benzene rings is 2.